The molecule has 0 saturated heterocycles. The normalized spacial score (nSPS) is 10.1. The van der Waals surface area contributed by atoms with Crippen LogP contribution in [0.5, 0.6) is 0 Å². The Balaban J connectivity index is 1.83. The zero-order valence-electron chi connectivity index (χ0n) is 12.9. The number of aromatic nitrogens is 2. The first-order chi connectivity index (χ1) is 12.1. The number of amides is 2. The first-order valence-corrected chi connectivity index (χ1v) is 7.38. The van der Waals surface area contributed by atoms with Gasteiger partial charge in [-0.1, -0.05) is 12.1 Å². The van der Waals surface area contributed by atoms with E-state index in [1.165, 1.54) is 30.6 Å². The molecule has 3 rings (SSSR count). The number of nitrogens with zero attached hydrogens (tertiary/aromatic N) is 2. The lowest BCUT2D eigenvalue weighted by Gasteiger charge is -2.12. The second-order valence-electron chi connectivity index (χ2n) is 5.03. The molecule has 1 aromatic carbocycles. The minimum absolute atomic E-state index is 0.125. The van der Waals surface area contributed by atoms with Gasteiger partial charge in [-0.3, -0.25) is 19.6 Å². The molecule has 2 aromatic heterocycles. The van der Waals surface area contributed by atoms with Crippen LogP contribution in [0.2, 0.25) is 0 Å². The molecular weight excluding hydrogens is 323 g/mol. The number of carbonyl (C=O) groups excluding carboxylic acids is 2. The van der Waals surface area contributed by atoms with Crippen molar-refractivity contribution in [1.29, 1.82) is 0 Å². The van der Waals surface area contributed by atoms with E-state index < -0.39 is 17.6 Å². The molecule has 124 valence electrons. The van der Waals surface area contributed by atoms with E-state index in [1.54, 1.807) is 30.3 Å². The van der Waals surface area contributed by atoms with Crippen LogP contribution in [0.4, 0.5) is 15.8 Å². The van der Waals surface area contributed by atoms with Gasteiger partial charge >= 0.3 is 0 Å². The zero-order chi connectivity index (χ0) is 17.6. The minimum atomic E-state index is -0.549. The first kappa shape index (κ1) is 16.3. The molecule has 25 heavy (non-hydrogen) atoms. The molecular formula is C18H13FN4O2. The molecule has 0 fully saturated rings. The van der Waals surface area contributed by atoms with Crippen molar-refractivity contribution in [1.82, 2.24) is 9.97 Å². The molecule has 0 aliphatic rings. The van der Waals surface area contributed by atoms with E-state index in [4.69, 9.17) is 0 Å². The molecule has 6 nitrogen and oxygen atoms in total. The quantitative estimate of drug-likeness (QED) is 0.767. The van der Waals surface area contributed by atoms with Gasteiger partial charge in [0.1, 0.15) is 17.2 Å². The smallest absolute Gasteiger partial charge is 0.274 e. The summed E-state index contributed by atoms with van der Waals surface area (Å²) in [7, 11) is 0. The van der Waals surface area contributed by atoms with Crippen molar-refractivity contribution in [3.8, 4) is 0 Å². The molecule has 0 aliphatic carbocycles. The fourth-order valence-corrected chi connectivity index (χ4v) is 2.10. The molecule has 0 unspecified atom stereocenters. The molecule has 3 aromatic rings. The standard InChI is InChI=1S/C18H13FN4O2/c19-12-7-8-13(22-17(24)14-5-1-3-9-20-14)16(11-12)23-18(25)15-6-2-4-10-21-15/h1-11H,(H,22,24)(H,23,25). The van der Waals surface area contributed by atoms with Crippen LogP contribution in [0.1, 0.15) is 21.0 Å². The summed E-state index contributed by atoms with van der Waals surface area (Å²) in [6.07, 6.45) is 2.97. The van der Waals surface area contributed by atoms with Gasteiger partial charge in [-0.05, 0) is 42.5 Å². The third-order valence-corrected chi connectivity index (χ3v) is 3.27. The van der Waals surface area contributed by atoms with E-state index in [1.807, 2.05) is 0 Å². The second kappa shape index (κ2) is 7.31. The number of hydrogen-bond donors (Lipinski definition) is 2. The number of carbonyl (C=O) groups is 2. The summed E-state index contributed by atoms with van der Waals surface area (Å²) in [5, 5.41) is 5.16. The van der Waals surface area contributed by atoms with Crippen LogP contribution in [0.15, 0.2) is 67.0 Å². The third-order valence-electron chi connectivity index (χ3n) is 3.27. The van der Waals surface area contributed by atoms with Crippen LogP contribution in [-0.4, -0.2) is 21.8 Å². The average Bonchev–Trinajstić information content (AvgIpc) is 2.65. The Morgan fingerprint density at radius 2 is 1.32 bits per heavy atom. The highest BCUT2D eigenvalue weighted by molar-refractivity contribution is 6.08. The van der Waals surface area contributed by atoms with Crippen LogP contribution in [-0.2, 0) is 0 Å². The summed E-state index contributed by atoms with van der Waals surface area (Å²) >= 11 is 0. The lowest BCUT2D eigenvalue weighted by molar-refractivity contribution is 0.101. The number of benzene rings is 1. The van der Waals surface area contributed by atoms with Gasteiger partial charge in [-0.2, -0.15) is 0 Å². The van der Waals surface area contributed by atoms with Gasteiger partial charge in [0, 0.05) is 12.4 Å². The van der Waals surface area contributed by atoms with E-state index in [9.17, 15) is 14.0 Å². The van der Waals surface area contributed by atoms with Crippen molar-refractivity contribution in [2.24, 2.45) is 0 Å². The molecule has 7 heteroatoms. The molecule has 2 heterocycles. The lowest BCUT2D eigenvalue weighted by atomic mass is 10.2. The Morgan fingerprint density at radius 1 is 0.760 bits per heavy atom. The molecule has 2 N–H and O–H groups in total. The molecule has 2 amide bonds. The Morgan fingerprint density at radius 3 is 1.84 bits per heavy atom. The largest absolute Gasteiger partial charge is 0.319 e. The monoisotopic (exact) mass is 336 g/mol. The van der Waals surface area contributed by atoms with Crippen molar-refractivity contribution < 1.29 is 14.0 Å². The van der Waals surface area contributed by atoms with Crippen LogP contribution in [0.25, 0.3) is 0 Å². The van der Waals surface area contributed by atoms with Gasteiger partial charge < -0.3 is 10.6 Å². The van der Waals surface area contributed by atoms with E-state index in [0.29, 0.717) is 0 Å². The number of halogens is 1. The third kappa shape index (κ3) is 4.03. The summed E-state index contributed by atoms with van der Waals surface area (Å²) in [5.41, 5.74) is 0.754. The fraction of sp³-hybridized carbons (Fsp3) is 0. The highest BCUT2D eigenvalue weighted by Gasteiger charge is 2.14. The van der Waals surface area contributed by atoms with Crippen LogP contribution < -0.4 is 10.6 Å². The Bertz CT molecular complexity index is 901. The molecule has 0 atom stereocenters. The second-order valence-corrected chi connectivity index (χ2v) is 5.03. The van der Waals surface area contributed by atoms with E-state index >= 15 is 0 Å². The summed E-state index contributed by atoms with van der Waals surface area (Å²) in [6.45, 7) is 0. The SMILES string of the molecule is O=C(Nc1ccc(F)cc1NC(=O)c1ccccn1)c1ccccn1. The van der Waals surface area contributed by atoms with Gasteiger partial charge in [0.25, 0.3) is 11.8 Å². The predicted octanol–water partition coefficient (Wildman–Crippen LogP) is 3.12. The maximum Gasteiger partial charge on any atom is 0.274 e. The molecule has 0 radical (unpaired) electrons. The van der Waals surface area contributed by atoms with Crippen molar-refractivity contribution in [3.63, 3.8) is 0 Å². The number of hydrogen-bond acceptors (Lipinski definition) is 4. The minimum Gasteiger partial charge on any atom is -0.319 e. The van der Waals surface area contributed by atoms with Crippen molar-refractivity contribution >= 4 is 23.2 Å². The lowest BCUT2D eigenvalue weighted by Crippen LogP contribution is -2.18. The van der Waals surface area contributed by atoms with E-state index in [2.05, 4.69) is 20.6 Å². The van der Waals surface area contributed by atoms with E-state index in [-0.39, 0.29) is 22.8 Å². The van der Waals surface area contributed by atoms with Gasteiger partial charge in [0.05, 0.1) is 11.4 Å². The average molecular weight is 336 g/mol. The summed E-state index contributed by atoms with van der Waals surface area (Å²) < 4.78 is 13.6. The maximum absolute atomic E-state index is 13.6. The zero-order valence-corrected chi connectivity index (χ0v) is 12.9. The first-order valence-electron chi connectivity index (χ1n) is 7.38. The molecule has 0 aliphatic heterocycles. The Hall–Kier alpha value is -3.61. The van der Waals surface area contributed by atoms with Crippen LogP contribution in [0.3, 0.4) is 0 Å². The number of anilines is 2. The van der Waals surface area contributed by atoms with Crippen molar-refractivity contribution in [2.45, 2.75) is 0 Å². The number of pyridine rings is 2. The van der Waals surface area contributed by atoms with Gasteiger partial charge in [0.2, 0.25) is 0 Å². The Labute approximate surface area is 142 Å². The maximum atomic E-state index is 13.6. The van der Waals surface area contributed by atoms with Gasteiger partial charge in [-0.25, -0.2) is 4.39 Å². The van der Waals surface area contributed by atoms with Crippen molar-refractivity contribution in [2.75, 3.05) is 10.6 Å². The summed E-state index contributed by atoms with van der Waals surface area (Å²) in [6, 6.07) is 13.5. The van der Waals surface area contributed by atoms with E-state index in [0.717, 1.165) is 6.07 Å². The molecule has 0 saturated carbocycles. The van der Waals surface area contributed by atoms with Crippen LogP contribution >= 0.6 is 0 Å². The van der Waals surface area contributed by atoms with Gasteiger partial charge in [0.15, 0.2) is 0 Å². The predicted molar refractivity (Wildman–Crippen MR) is 90.8 cm³/mol. The molecule has 0 spiro atoms. The summed E-state index contributed by atoms with van der Waals surface area (Å²) in [4.78, 5) is 32.3. The fourth-order valence-electron chi connectivity index (χ4n) is 2.10. The Kier molecular flexibility index (Phi) is 4.75. The van der Waals surface area contributed by atoms with Gasteiger partial charge in [-0.15, -0.1) is 0 Å². The highest BCUT2D eigenvalue weighted by Crippen LogP contribution is 2.24. The van der Waals surface area contributed by atoms with Crippen LogP contribution in [0, 0.1) is 5.82 Å². The number of nitrogens with one attached hydrogen (secondary N) is 2. The summed E-state index contributed by atoms with van der Waals surface area (Å²) in [5.74, 6) is -1.53. The topological polar surface area (TPSA) is 84.0 Å². The van der Waals surface area contributed by atoms with Crippen molar-refractivity contribution in [3.05, 3.63) is 84.2 Å². The highest BCUT2D eigenvalue weighted by atomic mass is 19.1. The molecule has 0 bridgehead atoms. The number of rotatable bonds is 4.